The van der Waals surface area contributed by atoms with Gasteiger partial charge in [0, 0.05) is 26.3 Å². The van der Waals surface area contributed by atoms with Gasteiger partial charge in [-0.2, -0.15) is 0 Å². The second-order valence-electron chi connectivity index (χ2n) is 8.55. The first-order valence-corrected chi connectivity index (χ1v) is 11.3. The van der Waals surface area contributed by atoms with Gasteiger partial charge in [0.2, 0.25) is 5.95 Å². The first kappa shape index (κ1) is 19.8. The number of halogens is 2. The fourth-order valence-electron chi connectivity index (χ4n) is 4.74. The average molecular weight is 442 g/mol. The monoisotopic (exact) mass is 441 g/mol. The Morgan fingerprint density at radius 1 is 1.07 bits per heavy atom. The van der Waals surface area contributed by atoms with E-state index < -0.39 is 0 Å². The number of piperidine rings is 1. The van der Waals surface area contributed by atoms with Crippen molar-refractivity contribution in [2.75, 3.05) is 18.0 Å². The molecule has 7 heteroatoms. The third kappa shape index (κ3) is 3.58. The summed E-state index contributed by atoms with van der Waals surface area (Å²) in [5, 5.41) is 10.5. The Kier molecular flexibility index (Phi) is 5.19. The van der Waals surface area contributed by atoms with Crippen LogP contribution in [0.2, 0.25) is 10.0 Å². The molecule has 1 saturated carbocycles. The summed E-state index contributed by atoms with van der Waals surface area (Å²) in [7, 11) is 2.11. The lowest BCUT2D eigenvalue weighted by molar-refractivity contribution is 0.396. The Bertz CT molecular complexity index is 1040. The highest BCUT2D eigenvalue weighted by Gasteiger charge is 2.50. The zero-order chi connectivity index (χ0) is 20.7. The van der Waals surface area contributed by atoms with E-state index in [4.69, 9.17) is 23.2 Å². The smallest absolute Gasteiger partial charge is 0.226 e. The van der Waals surface area contributed by atoms with Gasteiger partial charge in [-0.1, -0.05) is 53.5 Å². The van der Waals surface area contributed by atoms with Gasteiger partial charge < -0.3 is 4.90 Å². The van der Waals surface area contributed by atoms with Crippen molar-refractivity contribution in [3.63, 3.8) is 0 Å². The van der Waals surface area contributed by atoms with Gasteiger partial charge in [-0.15, -0.1) is 10.2 Å². The molecule has 5 rings (SSSR count). The fourth-order valence-corrected chi connectivity index (χ4v) is 5.20. The van der Waals surface area contributed by atoms with Crippen LogP contribution in [0, 0.1) is 5.92 Å². The molecule has 2 fully saturated rings. The Morgan fingerprint density at radius 3 is 2.47 bits per heavy atom. The second kappa shape index (κ2) is 7.86. The molecule has 1 saturated heterocycles. The first-order chi connectivity index (χ1) is 14.6. The SMILES string of the molecule is Cn1c(N2CCC(Cc3ncc(Cl)cc3Cl)CC2)nnc1C1(c2ccccc2)CC1. The summed E-state index contributed by atoms with van der Waals surface area (Å²) in [5.74, 6) is 2.63. The van der Waals surface area contributed by atoms with E-state index in [1.165, 1.54) is 5.56 Å². The number of nitrogens with zero attached hydrogens (tertiary/aromatic N) is 5. The lowest BCUT2D eigenvalue weighted by Gasteiger charge is -2.32. The average Bonchev–Trinajstić information content (AvgIpc) is 3.48. The van der Waals surface area contributed by atoms with Gasteiger partial charge in [0.05, 0.1) is 21.2 Å². The summed E-state index contributed by atoms with van der Waals surface area (Å²) < 4.78 is 2.21. The molecular weight excluding hydrogens is 417 g/mol. The number of hydrogen-bond acceptors (Lipinski definition) is 4. The van der Waals surface area contributed by atoms with E-state index in [0.717, 1.165) is 62.7 Å². The molecule has 0 bridgehead atoms. The highest BCUT2D eigenvalue weighted by molar-refractivity contribution is 6.34. The maximum absolute atomic E-state index is 6.32. The van der Waals surface area contributed by atoms with Gasteiger partial charge in [0.15, 0.2) is 0 Å². The third-order valence-corrected chi connectivity index (χ3v) is 7.15. The number of rotatable bonds is 5. The van der Waals surface area contributed by atoms with Crippen molar-refractivity contribution < 1.29 is 0 Å². The van der Waals surface area contributed by atoms with Crippen LogP contribution in [0.3, 0.4) is 0 Å². The molecule has 1 aliphatic heterocycles. The molecule has 1 aromatic carbocycles. The van der Waals surface area contributed by atoms with E-state index in [1.54, 1.807) is 12.3 Å². The van der Waals surface area contributed by atoms with Crippen LogP contribution in [-0.4, -0.2) is 32.8 Å². The summed E-state index contributed by atoms with van der Waals surface area (Å²) in [6, 6.07) is 12.5. The molecule has 0 atom stereocenters. The summed E-state index contributed by atoms with van der Waals surface area (Å²) >= 11 is 12.3. The van der Waals surface area contributed by atoms with Crippen molar-refractivity contribution in [3.8, 4) is 0 Å². The topological polar surface area (TPSA) is 46.8 Å². The molecule has 2 aliphatic rings. The summed E-state index contributed by atoms with van der Waals surface area (Å²) in [4.78, 5) is 6.79. The van der Waals surface area contributed by atoms with Crippen LogP contribution in [0.25, 0.3) is 0 Å². The molecule has 156 valence electrons. The third-order valence-electron chi connectivity index (χ3n) is 6.62. The highest BCUT2D eigenvalue weighted by Crippen LogP contribution is 2.53. The first-order valence-electron chi connectivity index (χ1n) is 10.6. The Morgan fingerprint density at radius 2 is 1.80 bits per heavy atom. The van der Waals surface area contributed by atoms with E-state index >= 15 is 0 Å². The number of hydrogen-bond donors (Lipinski definition) is 0. The van der Waals surface area contributed by atoms with E-state index in [-0.39, 0.29) is 5.41 Å². The van der Waals surface area contributed by atoms with E-state index in [9.17, 15) is 0 Å². The zero-order valence-electron chi connectivity index (χ0n) is 17.1. The molecule has 5 nitrogen and oxygen atoms in total. The molecule has 0 spiro atoms. The zero-order valence-corrected chi connectivity index (χ0v) is 18.6. The van der Waals surface area contributed by atoms with Crippen molar-refractivity contribution >= 4 is 29.2 Å². The van der Waals surface area contributed by atoms with Gasteiger partial charge in [0.25, 0.3) is 0 Å². The molecule has 0 amide bonds. The second-order valence-corrected chi connectivity index (χ2v) is 9.39. The van der Waals surface area contributed by atoms with Crippen LogP contribution in [0.1, 0.15) is 42.8 Å². The van der Waals surface area contributed by atoms with Crippen molar-refractivity contribution in [2.24, 2.45) is 13.0 Å². The molecule has 1 aliphatic carbocycles. The minimum atomic E-state index is 0.0383. The van der Waals surface area contributed by atoms with E-state index in [1.807, 2.05) is 0 Å². The Balaban J connectivity index is 1.27. The summed E-state index contributed by atoms with van der Waals surface area (Å²) in [5.41, 5.74) is 2.33. The van der Waals surface area contributed by atoms with Gasteiger partial charge in [-0.05, 0) is 49.7 Å². The Hall–Kier alpha value is -2.11. The number of anilines is 1. The quantitative estimate of drug-likeness (QED) is 0.555. The van der Waals surface area contributed by atoms with Crippen LogP contribution in [0.4, 0.5) is 5.95 Å². The van der Waals surface area contributed by atoms with Gasteiger partial charge in [0.1, 0.15) is 5.82 Å². The van der Waals surface area contributed by atoms with Crippen molar-refractivity contribution in [1.82, 2.24) is 19.7 Å². The van der Waals surface area contributed by atoms with Crippen LogP contribution in [0.15, 0.2) is 42.6 Å². The maximum atomic E-state index is 6.32. The number of pyridine rings is 1. The van der Waals surface area contributed by atoms with Crippen molar-refractivity contribution in [1.29, 1.82) is 0 Å². The molecule has 3 heterocycles. The molecular formula is C23H25Cl2N5. The lowest BCUT2D eigenvalue weighted by atomic mass is 9.92. The van der Waals surface area contributed by atoms with Gasteiger partial charge >= 0.3 is 0 Å². The number of aromatic nitrogens is 4. The maximum Gasteiger partial charge on any atom is 0.226 e. The minimum absolute atomic E-state index is 0.0383. The summed E-state index contributed by atoms with van der Waals surface area (Å²) in [6.45, 7) is 1.94. The predicted molar refractivity (Wildman–Crippen MR) is 120 cm³/mol. The predicted octanol–water partition coefficient (Wildman–Crippen LogP) is 5.06. The molecule has 2 aromatic heterocycles. The molecule has 3 aromatic rings. The van der Waals surface area contributed by atoms with Crippen LogP contribution >= 0.6 is 23.2 Å². The largest absolute Gasteiger partial charge is 0.341 e. The molecule has 0 radical (unpaired) electrons. The van der Waals surface area contributed by atoms with Gasteiger partial charge in [-0.25, -0.2) is 0 Å². The van der Waals surface area contributed by atoms with E-state index in [2.05, 4.69) is 62.0 Å². The van der Waals surface area contributed by atoms with Crippen LogP contribution in [0.5, 0.6) is 0 Å². The van der Waals surface area contributed by atoms with Crippen LogP contribution < -0.4 is 4.90 Å². The van der Waals surface area contributed by atoms with E-state index in [0.29, 0.717) is 16.0 Å². The minimum Gasteiger partial charge on any atom is -0.341 e. The van der Waals surface area contributed by atoms with Crippen molar-refractivity contribution in [3.05, 3.63) is 69.7 Å². The highest BCUT2D eigenvalue weighted by atomic mass is 35.5. The standard InChI is InChI=1S/C23H25Cl2N5/c1-29-21(23(9-10-23)17-5-3-2-4-6-17)27-28-22(29)30-11-7-16(8-12-30)13-20-19(25)14-18(24)15-26-20/h2-6,14-16H,7-13H2,1H3. The van der Waals surface area contributed by atoms with Crippen LogP contribution in [-0.2, 0) is 18.9 Å². The van der Waals surface area contributed by atoms with Crippen molar-refractivity contribution in [2.45, 2.75) is 37.5 Å². The normalized spacial score (nSPS) is 18.6. The summed E-state index contributed by atoms with van der Waals surface area (Å²) in [6.07, 6.45) is 7.03. The Labute approximate surface area is 187 Å². The van der Waals surface area contributed by atoms with Gasteiger partial charge in [-0.3, -0.25) is 9.55 Å². The number of benzene rings is 1. The molecule has 30 heavy (non-hydrogen) atoms. The fraction of sp³-hybridized carbons (Fsp3) is 0.435. The molecule has 0 unspecified atom stereocenters. The lowest BCUT2D eigenvalue weighted by Crippen LogP contribution is -2.36. The molecule has 0 N–H and O–H groups in total.